The molecule has 1 aromatic rings. The number of carbonyl (C=O) groups is 4. The lowest BCUT2D eigenvalue weighted by Crippen LogP contribution is -2.33. The fourth-order valence-electron chi connectivity index (χ4n) is 9.09. The lowest BCUT2D eigenvalue weighted by atomic mass is 10.1. The third-order valence-corrected chi connectivity index (χ3v) is 16.4. The van der Waals surface area contributed by atoms with Crippen molar-refractivity contribution in [2.45, 2.75) is 264 Å². The van der Waals surface area contributed by atoms with Crippen LogP contribution in [-0.2, 0) is 47.9 Å². The number of sulfonamides is 1. The molecule has 0 saturated heterocycles. The zero-order chi connectivity index (χ0) is 65.9. The Labute approximate surface area is 543 Å². The monoisotopic (exact) mass is 1290 g/mol. The van der Waals surface area contributed by atoms with E-state index in [0.29, 0.717) is 64.6 Å². The van der Waals surface area contributed by atoms with E-state index in [2.05, 4.69) is 45.2 Å². The Kier molecular flexibility index (Phi) is 61.1. The van der Waals surface area contributed by atoms with Crippen molar-refractivity contribution >= 4 is 40.3 Å². The number of unbranched alkanes of at least 4 members (excludes halogenated alkanes) is 28. The molecule has 0 radical (unpaired) electrons. The van der Waals surface area contributed by atoms with Gasteiger partial charge in [-0.1, -0.05) is 217 Å². The molecule has 90 heavy (non-hydrogen) atoms. The zero-order valence-electron chi connectivity index (χ0n) is 56.2. The summed E-state index contributed by atoms with van der Waals surface area (Å²) in [5.74, 6) is 0. The number of nitro benzene ring substituents is 1. The lowest BCUT2D eigenvalue weighted by molar-refractivity contribution is -0.387. The van der Waals surface area contributed by atoms with Crippen molar-refractivity contribution in [1.29, 1.82) is 0 Å². The van der Waals surface area contributed by atoms with E-state index >= 15 is 0 Å². The highest BCUT2D eigenvalue weighted by atomic mass is 32.2. The summed E-state index contributed by atoms with van der Waals surface area (Å²) in [7, 11) is -4.12. The summed E-state index contributed by atoms with van der Waals surface area (Å²) < 4.78 is 69.1. The van der Waals surface area contributed by atoms with Gasteiger partial charge in [0, 0.05) is 19.2 Å². The van der Waals surface area contributed by atoms with Crippen molar-refractivity contribution in [3.8, 4) is 0 Å². The van der Waals surface area contributed by atoms with Gasteiger partial charge in [-0.25, -0.2) is 27.6 Å². The van der Waals surface area contributed by atoms with E-state index in [4.69, 9.17) is 37.9 Å². The quantitative estimate of drug-likeness (QED) is 0.0159. The number of rotatable bonds is 59. The smallest absolute Gasteiger partial charge is 0.434 e. The van der Waals surface area contributed by atoms with Gasteiger partial charge in [-0.05, 0) is 122 Å². The Balaban J connectivity index is 0.00000183. The Hall–Kier alpha value is -5.47. The maximum Gasteiger partial charge on any atom is 0.508 e. The van der Waals surface area contributed by atoms with Gasteiger partial charge in [0.2, 0.25) is 10.0 Å². The van der Waals surface area contributed by atoms with E-state index in [1.807, 2.05) is 36.5 Å². The summed E-state index contributed by atoms with van der Waals surface area (Å²) in [6.07, 6.45) is 49.9. The Morgan fingerprint density at radius 3 is 1.00 bits per heavy atom. The van der Waals surface area contributed by atoms with Crippen LogP contribution in [0, 0.1) is 10.1 Å². The summed E-state index contributed by atoms with van der Waals surface area (Å²) in [5.41, 5.74) is -0.458. The van der Waals surface area contributed by atoms with Crippen LogP contribution in [-0.4, -0.2) is 121 Å². The Bertz CT molecular complexity index is 2020. The second kappa shape index (κ2) is 65.0. The van der Waals surface area contributed by atoms with E-state index < -0.39 is 45.3 Å². The first-order valence-corrected chi connectivity index (χ1v) is 36.1. The molecule has 20 heteroatoms. The van der Waals surface area contributed by atoms with Crippen molar-refractivity contribution < 1.29 is 70.4 Å². The molecule has 1 rings (SSSR count). The number of nitrogens with zero attached hydrogens (tertiary/aromatic N) is 2. The maximum absolute atomic E-state index is 13.6. The van der Waals surface area contributed by atoms with Gasteiger partial charge in [-0.15, -0.1) is 0 Å². The SMILES string of the molecule is CCCCCC/C=C\COC(=O)OCCCCCCN(CCCCCCOC(=O)OC/C=C\CCCCCC)S(=O)(=O)c1ccccc1[N+](=O)[O-].CCCCCC/C=C\COC(=O)OCCCCCCNCCCCCCOC(=O)OC/C=C\CCCCCC. The minimum atomic E-state index is -4.12. The predicted molar refractivity (Wildman–Crippen MR) is 359 cm³/mol. The predicted octanol–water partition coefficient (Wildman–Crippen LogP) is 19.1. The average Bonchev–Trinajstić information content (AvgIpc) is 0.883. The summed E-state index contributed by atoms with van der Waals surface area (Å²) in [4.78, 5) is 57.2. The van der Waals surface area contributed by atoms with E-state index in [0.717, 1.165) is 103 Å². The van der Waals surface area contributed by atoms with Crippen molar-refractivity contribution in [1.82, 2.24) is 9.62 Å². The normalized spacial score (nSPS) is 11.6. The van der Waals surface area contributed by atoms with Gasteiger partial charge >= 0.3 is 24.6 Å². The fourth-order valence-corrected chi connectivity index (χ4v) is 10.8. The van der Waals surface area contributed by atoms with Gasteiger partial charge < -0.3 is 43.2 Å². The molecule has 0 spiro atoms. The largest absolute Gasteiger partial charge is 0.508 e. The topological polar surface area (TPSA) is 235 Å². The number of allylic oxidation sites excluding steroid dienone is 4. The number of hydrogen-bond donors (Lipinski definition) is 1. The van der Waals surface area contributed by atoms with Gasteiger partial charge in [0.15, 0.2) is 4.90 Å². The first kappa shape index (κ1) is 84.5. The molecule has 518 valence electrons. The molecule has 1 aromatic carbocycles. The van der Waals surface area contributed by atoms with Crippen LogP contribution in [0.5, 0.6) is 0 Å². The van der Waals surface area contributed by atoms with Gasteiger partial charge in [-0.2, -0.15) is 4.31 Å². The van der Waals surface area contributed by atoms with E-state index in [-0.39, 0.29) is 57.6 Å². The number of ether oxygens (including phenoxy) is 8. The lowest BCUT2D eigenvalue weighted by Gasteiger charge is -2.22. The van der Waals surface area contributed by atoms with Gasteiger partial charge in [0.25, 0.3) is 5.69 Å². The molecule has 19 nitrogen and oxygen atoms in total. The molecule has 0 heterocycles. The number of nitrogens with one attached hydrogen (secondary N) is 1. The molecule has 0 unspecified atom stereocenters. The summed E-state index contributed by atoms with van der Waals surface area (Å²) in [6, 6.07) is 5.37. The van der Waals surface area contributed by atoms with Crippen LogP contribution in [0.25, 0.3) is 0 Å². The number of benzene rings is 1. The van der Waals surface area contributed by atoms with Crippen molar-refractivity contribution in [3.63, 3.8) is 0 Å². The van der Waals surface area contributed by atoms with Gasteiger partial charge in [-0.3, -0.25) is 10.1 Å². The number of nitro groups is 1. The second-order valence-electron chi connectivity index (χ2n) is 22.5. The van der Waals surface area contributed by atoms with Crippen LogP contribution in [0.2, 0.25) is 0 Å². The van der Waals surface area contributed by atoms with E-state index in [1.54, 1.807) is 0 Å². The minimum absolute atomic E-state index is 0.177. The highest BCUT2D eigenvalue weighted by Gasteiger charge is 2.31. The fraction of sp³-hybridized carbons (Fsp3) is 0.743. The first-order valence-electron chi connectivity index (χ1n) is 34.7. The number of hydrogen-bond acceptors (Lipinski definition) is 17. The van der Waals surface area contributed by atoms with Crippen molar-refractivity contribution in [3.05, 3.63) is 83.0 Å². The molecule has 0 amide bonds. The molecule has 0 aromatic heterocycles. The summed E-state index contributed by atoms with van der Waals surface area (Å²) in [5, 5.41) is 15.1. The molecular weight excluding hydrogens is 1170 g/mol. The Morgan fingerprint density at radius 1 is 0.400 bits per heavy atom. The second-order valence-corrected chi connectivity index (χ2v) is 24.4. The minimum Gasteiger partial charge on any atom is -0.434 e. The number of para-hydroxylation sites is 1. The van der Waals surface area contributed by atoms with Crippen LogP contribution < -0.4 is 5.32 Å². The zero-order valence-corrected chi connectivity index (χ0v) is 57.0. The number of carbonyl (C=O) groups excluding carboxylic acids is 4. The summed E-state index contributed by atoms with van der Waals surface area (Å²) >= 11 is 0. The third-order valence-electron chi connectivity index (χ3n) is 14.4. The van der Waals surface area contributed by atoms with E-state index in [1.165, 1.54) is 118 Å². The molecule has 0 atom stereocenters. The van der Waals surface area contributed by atoms with Crippen LogP contribution in [0.1, 0.15) is 259 Å². The molecule has 0 bridgehead atoms. The highest BCUT2D eigenvalue weighted by Crippen LogP contribution is 2.27. The van der Waals surface area contributed by atoms with Gasteiger partial charge in [0.1, 0.15) is 26.4 Å². The maximum atomic E-state index is 13.6. The van der Waals surface area contributed by atoms with Gasteiger partial charge in [0.05, 0.1) is 31.4 Å². The summed E-state index contributed by atoms with van der Waals surface area (Å²) in [6.45, 7) is 13.4. The van der Waals surface area contributed by atoms with Crippen molar-refractivity contribution in [2.75, 3.05) is 79.0 Å². The standard InChI is InChI=1S/C38H62N2O10S.C32H59NO6/c1-3-5-7-9-11-15-23-31-47-37(41)49-33-25-17-13-21-29-39(51(45,46)36-28-20-19-27-35(36)40(43)44)30-22-14-18-26-34-50-38(42)48-32-24-16-12-10-8-6-4-2;1-3-5-7-9-11-15-21-27-36-31(34)38-29-23-17-13-19-25-33-26-20-14-18-24-30-39-32(35)37-28-22-16-12-10-8-6-4-2/h15-16,19-20,23-24,27-28H,3-14,17-18,21-22,25-26,29-34H2,1-2H3;15-16,21-22,33H,3-14,17-20,23-30H2,1-2H3/b23-15-,24-16-;21-15-,22-16-. The Morgan fingerprint density at radius 2 is 0.689 bits per heavy atom. The highest BCUT2D eigenvalue weighted by molar-refractivity contribution is 7.89. The van der Waals surface area contributed by atoms with Crippen molar-refractivity contribution in [2.24, 2.45) is 0 Å². The molecule has 1 N–H and O–H groups in total. The molecule has 0 aliphatic rings. The van der Waals surface area contributed by atoms with Crippen LogP contribution in [0.4, 0.5) is 24.9 Å². The molecule has 0 fully saturated rings. The molecule has 0 aliphatic heterocycles. The van der Waals surface area contributed by atoms with Crippen LogP contribution in [0.15, 0.2) is 77.8 Å². The third kappa shape index (κ3) is 55.4. The van der Waals surface area contributed by atoms with E-state index in [9.17, 15) is 37.7 Å². The first-order chi connectivity index (χ1) is 43.9. The average molecular weight is 1290 g/mol. The molecule has 0 aliphatic carbocycles. The van der Waals surface area contributed by atoms with Crippen LogP contribution >= 0.6 is 0 Å². The molecule has 0 saturated carbocycles. The van der Waals surface area contributed by atoms with Crippen LogP contribution in [0.3, 0.4) is 0 Å². The molecular formula is C70H121N3O16S.